The van der Waals surface area contributed by atoms with Crippen LogP contribution in [0, 0.1) is 0 Å². The third-order valence-corrected chi connectivity index (χ3v) is 6.54. The number of nitrogen functional groups attached to an aromatic ring is 1. The monoisotopic (exact) mass is 531 g/mol. The molecule has 0 saturated heterocycles. The van der Waals surface area contributed by atoms with Crippen LogP contribution in [0.15, 0.2) is 30.3 Å². The van der Waals surface area contributed by atoms with E-state index < -0.39 is 35.4 Å². The number of hydrogen-bond donors (Lipinski definition) is 3. The number of alkyl carbamates (subject to hydrolysis) is 1. The lowest BCUT2D eigenvalue weighted by Crippen LogP contribution is -2.50. The second-order valence-electron chi connectivity index (χ2n) is 10.9. The van der Waals surface area contributed by atoms with Crippen molar-refractivity contribution < 1.29 is 28.6 Å². The minimum atomic E-state index is -0.856. The molecule has 0 saturated carbocycles. The first kappa shape index (κ1) is 28.5. The summed E-state index contributed by atoms with van der Waals surface area (Å²) in [6, 6.07) is 8.55. The highest BCUT2D eigenvalue weighted by atomic mass is 32.1. The molecule has 10 heteroatoms. The quantitative estimate of drug-likeness (QED) is 0.458. The van der Waals surface area contributed by atoms with Crippen LogP contribution in [-0.4, -0.2) is 48.4 Å². The summed E-state index contributed by atoms with van der Waals surface area (Å²) in [6.07, 6.45) is -0.334. The molecule has 0 aliphatic carbocycles. The average Bonchev–Trinajstić information content (AvgIpc) is 3.11. The molecule has 1 aromatic heterocycles. The molecule has 0 spiro atoms. The number of amides is 2. The highest BCUT2D eigenvalue weighted by molar-refractivity contribution is 7.16. The van der Waals surface area contributed by atoms with Crippen LogP contribution in [0.5, 0.6) is 0 Å². The van der Waals surface area contributed by atoms with Crippen LogP contribution in [0.1, 0.15) is 74.0 Å². The fourth-order valence-electron chi connectivity index (χ4n) is 3.92. The van der Waals surface area contributed by atoms with Crippen molar-refractivity contribution >= 4 is 34.3 Å². The van der Waals surface area contributed by atoms with Crippen LogP contribution in [-0.2, 0) is 31.8 Å². The summed E-state index contributed by atoms with van der Waals surface area (Å²) < 4.78 is 16.8. The minimum absolute atomic E-state index is 0.154. The van der Waals surface area contributed by atoms with Gasteiger partial charge in [-0.25, -0.2) is 9.59 Å². The first-order valence-corrected chi connectivity index (χ1v) is 13.1. The summed E-state index contributed by atoms with van der Waals surface area (Å²) in [5.41, 5.74) is 6.94. The van der Waals surface area contributed by atoms with Crippen LogP contribution in [0.2, 0.25) is 0 Å². The number of benzene rings is 1. The SMILES string of the molecule is CC(C)(C)OC(=O)N[C@H](Cc1ccccc1)C(=O)NCC1OCCc2c1sc(N)c2C(=O)OC(C)(C)C. The molecular weight excluding hydrogens is 494 g/mol. The number of carbonyl (C=O) groups is 3. The van der Waals surface area contributed by atoms with Gasteiger partial charge >= 0.3 is 12.1 Å². The van der Waals surface area contributed by atoms with Gasteiger partial charge in [0.05, 0.1) is 12.2 Å². The summed E-state index contributed by atoms with van der Waals surface area (Å²) in [5.74, 6) is -0.834. The van der Waals surface area contributed by atoms with E-state index in [1.165, 1.54) is 11.3 Å². The number of rotatable bonds is 7. The van der Waals surface area contributed by atoms with E-state index in [2.05, 4.69) is 10.6 Å². The molecule has 3 rings (SSSR count). The molecule has 1 aliphatic heterocycles. The van der Waals surface area contributed by atoms with Crippen LogP contribution in [0.3, 0.4) is 0 Å². The van der Waals surface area contributed by atoms with E-state index in [0.717, 1.165) is 16.0 Å². The van der Waals surface area contributed by atoms with E-state index in [1.807, 2.05) is 30.3 Å². The van der Waals surface area contributed by atoms with E-state index in [9.17, 15) is 14.4 Å². The van der Waals surface area contributed by atoms with Gasteiger partial charge in [-0.05, 0) is 59.1 Å². The lowest BCUT2D eigenvalue weighted by molar-refractivity contribution is -0.124. The van der Waals surface area contributed by atoms with Crippen LogP contribution >= 0.6 is 11.3 Å². The predicted octanol–water partition coefficient (Wildman–Crippen LogP) is 4.15. The summed E-state index contributed by atoms with van der Waals surface area (Å²) in [6.45, 7) is 11.2. The smallest absolute Gasteiger partial charge is 0.408 e. The van der Waals surface area contributed by atoms with Crippen molar-refractivity contribution in [1.29, 1.82) is 0 Å². The molecule has 2 amide bonds. The topological polar surface area (TPSA) is 129 Å². The number of thiophene rings is 1. The number of nitrogens with two attached hydrogens (primary N) is 1. The number of fused-ring (bicyclic) bond motifs is 1. The van der Waals surface area contributed by atoms with Gasteiger partial charge in [-0.1, -0.05) is 30.3 Å². The Morgan fingerprint density at radius 1 is 1.08 bits per heavy atom. The molecule has 2 aromatic rings. The number of esters is 1. The molecule has 1 unspecified atom stereocenters. The molecular formula is C27H37N3O6S. The Labute approximate surface area is 222 Å². The van der Waals surface area contributed by atoms with Crippen molar-refractivity contribution in [2.45, 2.75) is 77.7 Å². The maximum Gasteiger partial charge on any atom is 0.408 e. The van der Waals surface area contributed by atoms with Gasteiger partial charge in [-0.2, -0.15) is 0 Å². The van der Waals surface area contributed by atoms with Gasteiger partial charge in [0, 0.05) is 17.8 Å². The fourth-order valence-corrected chi connectivity index (χ4v) is 5.08. The van der Waals surface area contributed by atoms with E-state index in [4.69, 9.17) is 19.9 Å². The van der Waals surface area contributed by atoms with E-state index in [1.54, 1.807) is 41.5 Å². The number of anilines is 1. The van der Waals surface area contributed by atoms with Gasteiger partial charge in [0.2, 0.25) is 5.91 Å². The van der Waals surface area contributed by atoms with Gasteiger partial charge in [0.1, 0.15) is 28.3 Å². The van der Waals surface area contributed by atoms with Crippen molar-refractivity contribution in [3.8, 4) is 0 Å². The molecule has 0 bridgehead atoms. The lowest BCUT2D eigenvalue weighted by Gasteiger charge is -2.26. The molecule has 37 heavy (non-hydrogen) atoms. The molecule has 4 N–H and O–H groups in total. The zero-order valence-corrected chi connectivity index (χ0v) is 23.1. The second-order valence-corrected chi connectivity index (χ2v) is 12.0. The maximum atomic E-state index is 13.2. The minimum Gasteiger partial charge on any atom is -0.456 e. The first-order chi connectivity index (χ1) is 17.2. The Kier molecular flexibility index (Phi) is 8.86. The number of hydrogen-bond acceptors (Lipinski definition) is 8. The van der Waals surface area contributed by atoms with E-state index in [-0.39, 0.29) is 18.9 Å². The molecule has 2 heterocycles. The zero-order chi connectivity index (χ0) is 27.4. The van der Waals surface area contributed by atoms with Crippen molar-refractivity contribution in [2.24, 2.45) is 0 Å². The standard InChI is InChI=1S/C27H37N3O6S/c1-26(2,3)35-24(32)20-17-12-13-34-19(21(17)37-22(20)28)15-29-23(31)18(14-16-10-8-7-9-11-16)30-25(33)36-27(4,5)6/h7-11,18-19H,12-15,28H2,1-6H3,(H,29,31)(H,30,33)/t18-,19?/m1/s1. The molecule has 2 atom stereocenters. The van der Waals surface area contributed by atoms with Gasteiger partial charge in [-0.3, -0.25) is 4.79 Å². The predicted molar refractivity (Wildman–Crippen MR) is 143 cm³/mol. The Bertz CT molecular complexity index is 1120. The molecule has 1 aromatic carbocycles. The largest absolute Gasteiger partial charge is 0.456 e. The molecule has 0 radical (unpaired) electrons. The summed E-state index contributed by atoms with van der Waals surface area (Å²) in [5, 5.41) is 5.95. The Morgan fingerprint density at radius 2 is 1.73 bits per heavy atom. The van der Waals surface area contributed by atoms with Crippen molar-refractivity contribution in [1.82, 2.24) is 10.6 Å². The van der Waals surface area contributed by atoms with Crippen molar-refractivity contribution in [2.75, 3.05) is 18.9 Å². The zero-order valence-electron chi connectivity index (χ0n) is 22.3. The normalized spacial score (nSPS) is 16.3. The van der Waals surface area contributed by atoms with Gasteiger partial charge in [0.15, 0.2) is 0 Å². The van der Waals surface area contributed by atoms with Gasteiger partial charge in [-0.15, -0.1) is 11.3 Å². The van der Waals surface area contributed by atoms with Crippen LogP contribution in [0.4, 0.5) is 9.80 Å². The fraction of sp³-hybridized carbons (Fsp3) is 0.519. The average molecular weight is 532 g/mol. The Hall–Kier alpha value is -3.11. The summed E-state index contributed by atoms with van der Waals surface area (Å²) >= 11 is 1.27. The molecule has 0 fully saturated rings. The molecule has 1 aliphatic rings. The van der Waals surface area contributed by atoms with Crippen LogP contribution in [0.25, 0.3) is 0 Å². The number of ether oxygens (including phenoxy) is 3. The third-order valence-electron chi connectivity index (χ3n) is 5.38. The highest BCUT2D eigenvalue weighted by Gasteiger charge is 2.33. The van der Waals surface area contributed by atoms with Gasteiger partial charge < -0.3 is 30.6 Å². The van der Waals surface area contributed by atoms with Crippen molar-refractivity contribution in [3.63, 3.8) is 0 Å². The Balaban J connectivity index is 1.73. The molecule has 9 nitrogen and oxygen atoms in total. The second kappa shape index (κ2) is 11.5. The number of carbonyl (C=O) groups excluding carboxylic acids is 3. The van der Waals surface area contributed by atoms with Gasteiger partial charge in [0.25, 0.3) is 0 Å². The lowest BCUT2D eigenvalue weighted by atomic mass is 10.0. The number of nitrogens with one attached hydrogen (secondary N) is 2. The maximum absolute atomic E-state index is 13.2. The third kappa shape index (κ3) is 8.19. The Morgan fingerprint density at radius 3 is 2.35 bits per heavy atom. The summed E-state index contributed by atoms with van der Waals surface area (Å²) in [4.78, 5) is 39.2. The van der Waals surface area contributed by atoms with Crippen molar-refractivity contribution in [3.05, 3.63) is 51.9 Å². The summed E-state index contributed by atoms with van der Waals surface area (Å²) in [7, 11) is 0. The van der Waals surface area contributed by atoms with E-state index >= 15 is 0 Å². The van der Waals surface area contributed by atoms with E-state index in [0.29, 0.717) is 23.6 Å². The molecule has 202 valence electrons. The highest BCUT2D eigenvalue weighted by Crippen LogP contribution is 2.40. The first-order valence-electron chi connectivity index (χ1n) is 12.3. The van der Waals surface area contributed by atoms with Crippen LogP contribution < -0.4 is 16.4 Å².